The summed E-state index contributed by atoms with van der Waals surface area (Å²) in [4.78, 5) is 1.70. The molecule has 12 heavy (non-hydrogen) atoms. The van der Waals surface area contributed by atoms with E-state index in [4.69, 9.17) is 5.11 Å². The monoisotopic (exact) mass is 179 g/mol. The van der Waals surface area contributed by atoms with Crippen LogP contribution in [0.2, 0.25) is 0 Å². The van der Waals surface area contributed by atoms with Crippen molar-refractivity contribution in [1.29, 1.82) is 0 Å². The lowest BCUT2D eigenvalue weighted by Crippen LogP contribution is -2.31. The Bertz CT molecular complexity index is 161. The third-order valence-corrected chi connectivity index (χ3v) is 2.42. The Hall–Kier alpha value is -0.220. The fourth-order valence-electron chi connectivity index (χ4n) is 1.47. The molecule has 72 valence electrons. The first-order valence-corrected chi connectivity index (χ1v) is 4.20. The molecule has 1 heterocycles. The van der Waals surface area contributed by atoms with Gasteiger partial charge in [-0.3, -0.25) is 4.90 Å². The molecule has 0 radical (unpaired) electrons. The van der Waals surface area contributed by atoms with Gasteiger partial charge in [0.25, 0.3) is 5.92 Å². The maximum atomic E-state index is 13.0. The van der Waals surface area contributed by atoms with Crippen molar-refractivity contribution in [2.24, 2.45) is 5.92 Å². The lowest BCUT2D eigenvalue weighted by atomic mass is 10.1. The van der Waals surface area contributed by atoms with Gasteiger partial charge in [0.15, 0.2) is 0 Å². The van der Waals surface area contributed by atoms with Crippen LogP contribution >= 0.6 is 0 Å². The molecule has 0 bridgehead atoms. The zero-order valence-electron chi connectivity index (χ0n) is 7.43. The fourth-order valence-corrected chi connectivity index (χ4v) is 1.47. The number of hydrogen-bond donors (Lipinski definition) is 1. The van der Waals surface area contributed by atoms with Gasteiger partial charge in [-0.05, 0) is 13.8 Å². The van der Waals surface area contributed by atoms with Crippen molar-refractivity contribution in [2.45, 2.75) is 25.8 Å². The van der Waals surface area contributed by atoms with E-state index in [0.29, 0.717) is 6.54 Å². The molecule has 0 amide bonds. The quantitative estimate of drug-likeness (QED) is 0.682. The van der Waals surface area contributed by atoms with E-state index in [1.165, 1.54) is 0 Å². The highest BCUT2D eigenvalue weighted by molar-refractivity contribution is 4.90. The van der Waals surface area contributed by atoms with Crippen LogP contribution in [0.15, 0.2) is 0 Å². The topological polar surface area (TPSA) is 23.5 Å². The molecule has 1 aliphatic rings. The molecule has 1 fully saturated rings. The second-order valence-corrected chi connectivity index (χ2v) is 3.66. The molecule has 1 unspecified atom stereocenters. The van der Waals surface area contributed by atoms with Gasteiger partial charge in [0.05, 0.1) is 19.1 Å². The molecular formula is C8H15F2NO. The number of aliphatic hydroxyl groups is 1. The van der Waals surface area contributed by atoms with E-state index >= 15 is 0 Å². The minimum atomic E-state index is -2.71. The maximum Gasteiger partial charge on any atom is 0.266 e. The summed E-state index contributed by atoms with van der Waals surface area (Å²) < 4.78 is 26.0. The first-order valence-electron chi connectivity index (χ1n) is 4.20. The van der Waals surface area contributed by atoms with Gasteiger partial charge in [-0.25, -0.2) is 8.78 Å². The summed E-state index contributed by atoms with van der Waals surface area (Å²) >= 11 is 0. The summed E-state index contributed by atoms with van der Waals surface area (Å²) in [6.07, 6.45) is 0. The number of aliphatic hydroxyl groups excluding tert-OH is 1. The van der Waals surface area contributed by atoms with E-state index in [2.05, 4.69) is 0 Å². The van der Waals surface area contributed by atoms with Crippen molar-refractivity contribution in [3.8, 4) is 0 Å². The van der Waals surface area contributed by atoms with Gasteiger partial charge in [0.2, 0.25) is 0 Å². The largest absolute Gasteiger partial charge is 0.396 e. The van der Waals surface area contributed by atoms with Crippen LogP contribution < -0.4 is 0 Å². The third-order valence-electron chi connectivity index (χ3n) is 2.42. The summed E-state index contributed by atoms with van der Waals surface area (Å²) in [6.45, 7) is 3.44. The Balaban J connectivity index is 2.60. The van der Waals surface area contributed by atoms with Crippen molar-refractivity contribution in [3.63, 3.8) is 0 Å². The Morgan fingerprint density at radius 3 is 2.42 bits per heavy atom. The summed E-state index contributed by atoms with van der Waals surface area (Å²) in [5.74, 6) is -3.58. The summed E-state index contributed by atoms with van der Waals surface area (Å²) in [5, 5.41) is 8.69. The highest BCUT2D eigenvalue weighted by Crippen LogP contribution is 2.33. The SMILES string of the molecule is CC(C)N1CC(CO)C(F)(F)C1. The van der Waals surface area contributed by atoms with Crippen molar-refractivity contribution in [3.05, 3.63) is 0 Å². The van der Waals surface area contributed by atoms with Gasteiger partial charge in [0.1, 0.15) is 0 Å². The van der Waals surface area contributed by atoms with Crippen LogP contribution in [0.5, 0.6) is 0 Å². The van der Waals surface area contributed by atoms with Gasteiger partial charge >= 0.3 is 0 Å². The Labute approximate surface area is 71.2 Å². The first-order chi connectivity index (χ1) is 5.47. The molecule has 0 aromatic carbocycles. The highest BCUT2D eigenvalue weighted by atomic mass is 19.3. The third kappa shape index (κ3) is 1.75. The Morgan fingerprint density at radius 2 is 2.17 bits per heavy atom. The maximum absolute atomic E-state index is 13.0. The summed E-state index contributed by atoms with van der Waals surface area (Å²) in [7, 11) is 0. The molecule has 1 saturated heterocycles. The van der Waals surface area contributed by atoms with Crippen molar-refractivity contribution < 1.29 is 13.9 Å². The number of likely N-dealkylation sites (tertiary alicyclic amines) is 1. The van der Waals surface area contributed by atoms with Crippen LogP contribution in [0.3, 0.4) is 0 Å². The second kappa shape index (κ2) is 3.26. The number of halogens is 2. The minimum Gasteiger partial charge on any atom is -0.396 e. The van der Waals surface area contributed by atoms with Gasteiger partial charge in [0, 0.05) is 12.6 Å². The Morgan fingerprint density at radius 1 is 1.58 bits per heavy atom. The lowest BCUT2D eigenvalue weighted by Gasteiger charge is -2.19. The van der Waals surface area contributed by atoms with Crippen LogP contribution in [-0.2, 0) is 0 Å². The van der Waals surface area contributed by atoms with Gasteiger partial charge in [-0.2, -0.15) is 0 Å². The van der Waals surface area contributed by atoms with E-state index in [-0.39, 0.29) is 12.6 Å². The molecule has 2 nitrogen and oxygen atoms in total. The van der Waals surface area contributed by atoms with Crippen molar-refractivity contribution in [1.82, 2.24) is 4.90 Å². The van der Waals surface area contributed by atoms with Crippen LogP contribution in [0, 0.1) is 5.92 Å². The van der Waals surface area contributed by atoms with Crippen molar-refractivity contribution >= 4 is 0 Å². The van der Waals surface area contributed by atoms with Crippen LogP contribution in [0.1, 0.15) is 13.8 Å². The molecule has 1 atom stereocenters. The van der Waals surface area contributed by atoms with E-state index in [9.17, 15) is 8.78 Å². The number of hydrogen-bond acceptors (Lipinski definition) is 2. The van der Waals surface area contributed by atoms with Gasteiger partial charge in [-0.15, -0.1) is 0 Å². The predicted molar refractivity (Wildman–Crippen MR) is 42.2 cm³/mol. The predicted octanol–water partition coefficient (Wildman–Crippen LogP) is 0.954. The van der Waals surface area contributed by atoms with Crippen molar-refractivity contribution in [2.75, 3.05) is 19.7 Å². The van der Waals surface area contributed by atoms with E-state index < -0.39 is 18.4 Å². The molecule has 0 aliphatic carbocycles. The normalized spacial score (nSPS) is 30.0. The zero-order valence-corrected chi connectivity index (χ0v) is 7.43. The Kier molecular flexibility index (Phi) is 2.68. The average molecular weight is 179 g/mol. The lowest BCUT2D eigenvalue weighted by molar-refractivity contribution is -0.0440. The van der Waals surface area contributed by atoms with Gasteiger partial charge in [-0.1, -0.05) is 0 Å². The molecule has 0 aromatic heterocycles. The first kappa shape index (κ1) is 9.86. The standard InChI is InChI=1S/C8H15F2NO/c1-6(2)11-3-7(4-12)8(9,10)5-11/h6-7,12H,3-5H2,1-2H3. The van der Waals surface area contributed by atoms with Crippen LogP contribution in [-0.4, -0.2) is 41.7 Å². The number of nitrogens with zero attached hydrogens (tertiary/aromatic N) is 1. The number of alkyl halides is 2. The highest BCUT2D eigenvalue weighted by Gasteiger charge is 2.47. The average Bonchev–Trinajstić information content (AvgIpc) is 2.25. The minimum absolute atomic E-state index is 0.132. The smallest absolute Gasteiger partial charge is 0.266 e. The zero-order chi connectivity index (χ0) is 9.35. The van der Waals surface area contributed by atoms with Crippen LogP contribution in [0.25, 0.3) is 0 Å². The molecule has 0 spiro atoms. The fraction of sp³-hybridized carbons (Fsp3) is 1.00. The molecule has 4 heteroatoms. The number of rotatable bonds is 2. The van der Waals surface area contributed by atoms with E-state index in [1.807, 2.05) is 13.8 Å². The molecular weight excluding hydrogens is 164 g/mol. The molecule has 1 rings (SSSR count). The molecule has 1 aliphatic heterocycles. The molecule has 0 aromatic rings. The van der Waals surface area contributed by atoms with E-state index in [0.717, 1.165) is 0 Å². The van der Waals surface area contributed by atoms with Gasteiger partial charge < -0.3 is 5.11 Å². The molecule has 1 N–H and O–H groups in total. The van der Waals surface area contributed by atoms with Crippen LogP contribution in [0.4, 0.5) is 8.78 Å². The summed E-state index contributed by atoms with van der Waals surface area (Å²) in [6, 6.07) is 0.132. The second-order valence-electron chi connectivity index (χ2n) is 3.66. The van der Waals surface area contributed by atoms with E-state index in [1.54, 1.807) is 4.90 Å². The molecule has 0 saturated carbocycles. The summed E-state index contributed by atoms with van der Waals surface area (Å²) in [5.41, 5.74) is 0.